The highest BCUT2D eigenvalue weighted by Gasteiger charge is 2.24. The van der Waals surface area contributed by atoms with Crippen molar-refractivity contribution < 1.29 is 26.4 Å². The first-order chi connectivity index (χ1) is 14.6. The van der Waals surface area contributed by atoms with Crippen LogP contribution in [-0.2, 0) is 30.4 Å². The van der Waals surface area contributed by atoms with Gasteiger partial charge in [0.1, 0.15) is 0 Å². The van der Waals surface area contributed by atoms with Crippen molar-refractivity contribution in [2.24, 2.45) is 0 Å². The number of rotatable bonds is 7. The molecule has 0 saturated carbocycles. The van der Waals surface area contributed by atoms with Crippen LogP contribution >= 0.6 is 0 Å². The Bertz CT molecular complexity index is 1120. The number of nitrogens with one attached hydrogen (secondary N) is 1. The highest BCUT2D eigenvalue weighted by Crippen LogP contribution is 2.18. The van der Waals surface area contributed by atoms with E-state index in [4.69, 9.17) is 4.74 Å². The van der Waals surface area contributed by atoms with Crippen LogP contribution in [0.25, 0.3) is 0 Å². The van der Waals surface area contributed by atoms with E-state index in [1.165, 1.54) is 16.4 Å². The average molecular weight is 467 g/mol. The van der Waals surface area contributed by atoms with Crippen molar-refractivity contribution in [2.75, 3.05) is 32.6 Å². The molecule has 31 heavy (non-hydrogen) atoms. The number of sulfone groups is 1. The van der Waals surface area contributed by atoms with Crippen molar-refractivity contribution in [2.45, 2.75) is 23.6 Å². The molecule has 2 aromatic carbocycles. The van der Waals surface area contributed by atoms with Gasteiger partial charge in [0.25, 0.3) is 5.91 Å². The van der Waals surface area contributed by atoms with Gasteiger partial charge in [-0.2, -0.15) is 4.31 Å². The predicted molar refractivity (Wildman–Crippen MR) is 117 cm³/mol. The van der Waals surface area contributed by atoms with E-state index in [-0.39, 0.29) is 22.6 Å². The SMILES string of the molecule is C[C@H](NC(=O)c1ccc(CS(=O)(=O)N2CCOCC2)cc1)c1ccc(S(C)(=O)=O)cc1. The maximum atomic E-state index is 12.6. The first-order valence-electron chi connectivity index (χ1n) is 9.82. The lowest BCUT2D eigenvalue weighted by Gasteiger charge is -2.26. The van der Waals surface area contributed by atoms with Gasteiger partial charge < -0.3 is 10.1 Å². The third-order valence-corrected chi connectivity index (χ3v) is 8.06. The monoisotopic (exact) mass is 466 g/mol. The smallest absolute Gasteiger partial charge is 0.251 e. The van der Waals surface area contributed by atoms with Gasteiger partial charge in [0.2, 0.25) is 10.0 Å². The molecule has 1 fully saturated rings. The second-order valence-electron chi connectivity index (χ2n) is 7.50. The van der Waals surface area contributed by atoms with Crippen LogP contribution < -0.4 is 5.32 Å². The van der Waals surface area contributed by atoms with Crippen molar-refractivity contribution in [3.05, 3.63) is 65.2 Å². The molecular weight excluding hydrogens is 440 g/mol. The van der Waals surface area contributed by atoms with Crippen LogP contribution in [0.3, 0.4) is 0 Å². The van der Waals surface area contributed by atoms with Gasteiger partial charge in [0.05, 0.1) is 29.9 Å². The fourth-order valence-electron chi connectivity index (χ4n) is 3.25. The molecular formula is C21H26N2O6S2. The van der Waals surface area contributed by atoms with Gasteiger partial charge in [-0.15, -0.1) is 0 Å². The van der Waals surface area contributed by atoms with Crippen molar-refractivity contribution in [1.29, 1.82) is 0 Å². The molecule has 1 N–H and O–H groups in total. The Balaban J connectivity index is 1.62. The van der Waals surface area contributed by atoms with Crippen molar-refractivity contribution >= 4 is 25.8 Å². The average Bonchev–Trinajstić information content (AvgIpc) is 2.74. The lowest BCUT2D eigenvalue weighted by Crippen LogP contribution is -2.41. The summed E-state index contributed by atoms with van der Waals surface area (Å²) >= 11 is 0. The number of morpholine rings is 1. The Morgan fingerprint density at radius 1 is 1.00 bits per heavy atom. The standard InChI is InChI=1S/C21H26N2O6S2/c1-16(18-7-9-20(10-8-18)30(2,25)26)22-21(24)19-5-3-17(4-6-19)15-31(27,28)23-11-13-29-14-12-23/h3-10,16H,11-15H2,1-2H3,(H,22,24)/t16-/m0/s1. The fourth-order valence-corrected chi connectivity index (χ4v) is 5.38. The zero-order valence-electron chi connectivity index (χ0n) is 17.4. The number of ether oxygens (including phenoxy) is 1. The summed E-state index contributed by atoms with van der Waals surface area (Å²) in [6.07, 6.45) is 1.14. The summed E-state index contributed by atoms with van der Waals surface area (Å²) in [5.74, 6) is -0.430. The molecule has 8 nitrogen and oxygen atoms in total. The maximum absolute atomic E-state index is 12.6. The fraction of sp³-hybridized carbons (Fsp3) is 0.381. The minimum Gasteiger partial charge on any atom is -0.379 e. The molecule has 0 radical (unpaired) electrons. The number of amides is 1. The molecule has 168 valence electrons. The quantitative estimate of drug-likeness (QED) is 0.666. The molecule has 0 bridgehead atoms. The summed E-state index contributed by atoms with van der Waals surface area (Å²) in [4.78, 5) is 12.8. The number of carbonyl (C=O) groups excluding carboxylic acids is 1. The highest BCUT2D eigenvalue weighted by molar-refractivity contribution is 7.90. The number of carbonyl (C=O) groups is 1. The summed E-state index contributed by atoms with van der Waals surface area (Å²) in [6, 6.07) is 12.5. The summed E-state index contributed by atoms with van der Waals surface area (Å²) in [6.45, 7) is 3.30. The minimum atomic E-state index is -3.43. The molecule has 0 spiro atoms. The lowest BCUT2D eigenvalue weighted by atomic mass is 10.1. The van der Waals surface area contributed by atoms with E-state index in [2.05, 4.69) is 5.32 Å². The Hall–Kier alpha value is -2.27. The van der Waals surface area contributed by atoms with Crippen molar-refractivity contribution in [3.8, 4) is 0 Å². The Labute approximate surface area is 183 Å². The summed E-state index contributed by atoms with van der Waals surface area (Å²) < 4.78 is 54.8. The first-order valence-corrected chi connectivity index (χ1v) is 13.3. The number of hydrogen-bond donors (Lipinski definition) is 1. The van der Waals surface area contributed by atoms with Crippen LogP contribution in [-0.4, -0.2) is 59.6 Å². The third kappa shape index (κ3) is 6.13. The number of sulfonamides is 1. The van der Waals surface area contributed by atoms with E-state index in [1.54, 1.807) is 43.3 Å². The van der Waals surface area contributed by atoms with Gasteiger partial charge in [-0.1, -0.05) is 24.3 Å². The van der Waals surface area contributed by atoms with Gasteiger partial charge in [-0.05, 0) is 42.3 Å². The summed E-state index contributed by atoms with van der Waals surface area (Å²) in [5, 5.41) is 2.86. The zero-order valence-corrected chi connectivity index (χ0v) is 19.1. The van der Waals surface area contributed by atoms with Gasteiger partial charge in [-0.25, -0.2) is 16.8 Å². The summed E-state index contributed by atoms with van der Waals surface area (Å²) in [7, 11) is -6.70. The molecule has 1 aliphatic rings. The molecule has 1 aliphatic heterocycles. The van der Waals surface area contributed by atoms with Gasteiger partial charge >= 0.3 is 0 Å². The number of nitrogens with zero attached hydrogens (tertiary/aromatic N) is 1. The van der Waals surface area contributed by atoms with E-state index in [9.17, 15) is 21.6 Å². The molecule has 10 heteroatoms. The van der Waals surface area contributed by atoms with Gasteiger partial charge in [0, 0.05) is 24.9 Å². The van der Waals surface area contributed by atoms with Gasteiger partial charge in [-0.3, -0.25) is 4.79 Å². The minimum absolute atomic E-state index is 0.127. The molecule has 0 unspecified atom stereocenters. The van der Waals surface area contributed by atoms with Crippen LogP contribution in [0.15, 0.2) is 53.4 Å². The third-order valence-electron chi connectivity index (χ3n) is 5.08. The molecule has 1 heterocycles. The van der Waals surface area contributed by atoms with Crippen LogP contribution in [0, 0.1) is 0 Å². The second-order valence-corrected chi connectivity index (χ2v) is 11.5. The topological polar surface area (TPSA) is 110 Å². The molecule has 1 atom stereocenters. The number of hydrogen-bond acceptors (Lipinski definition) is 6. The predicted octanol–water partition coefficient (Wildman–Crippen LogP) is 1.74. The zero-order chi connectivity index (χ0) is 22.6. The van der Waals surface area contributed by atoms with Crippen LogP contribution in [0.5, 0.6) is 0 Å². The molecule has 0 aliphatic carbocycles. The normalized spacial score (nSPS) is 16.6. The molecule has 1 saturated heterocycles. The van der Waals surface area contributed by atoms with Crippen molar-refractivity contribution in [3.63, 3.8) is 0 Å². The molecule has 0 aromatic heterocycles. The van der Waals surface area contributed by atoms with Gasteiger partial charge in [0.15, 0.2) is 9.84 Å². The first kappa shape index (κ1) is 23.4. The van der Waals surface area contributed by atoms with E-state index >= 15 is 0 Å². The Morgan fingerprint density at radius 2 is 1.58 bits per heavy atom. The van der Waals surface area contributed by atoms with Crippen molar-refractivity contribution in [1.82, 2.24) is 9.62 Å². The summed E-state index contributed by atoms with van der Waals surface area (Å²) in [5.41, 5.74) is 1.79. The Morgan fingerprint density at radius 3 is 2.13 bits per heavy atom. The van der Waals surface area contributed by atoms with Crippen LogP contribution in [0.2, 0.25) is 0 Å². The maximum Gasteiger partial charge on any atom is 0.251 e. The molecule has 1 amide bonds. The van der Waals surface area contributed by atoms with Crippen LogP contribution in [0.4, 0.5) is 0 Å². The van der Waals surface area contributed by atoms with E-state index in [0.29, 0.717) is 37.4 Å². The van der Waals surface area contributed by atoms with E-state index in [0.717, 1.165) is 11.8 Å². The Kier molecular flexibility index (Phi) is 7.15. The lowest BCUT2D eigenvalue weighted by molar-refractivity contribution is 0.0729. The van der Waals surface area contributed by atoms with Crippen LogP contribution in [0.1, 0.15) is 34.5 Å². The van der Waals surface area contributed by atoms with E-state index < -0.39 is 19.9 Å². The molecule has 2 aromatic rings. The van der Waals surface area contributed by atoms with E-state index in [1.807, 2.05) is 0 Å². The second kappa shape index (κ2) is 9.47. The largest absolute Gasteiger partial charge is 0.379 e. The highest BCUT2D eigenvalue weighted by atomic mass is 32.2. The molecule has 3 rings (SSSR count). The number of benzene rings is 2.